The molecule has 3 heterocycles. The summed E-state index contributed by atoms with van der Waals surface area (Å²) in [5, 5.41) is 1.75. The standard InChI is InChI=1S/C16H11F6N5O3S3/c1-3-33(29,30)8-4-7(12-24-6-9(31-12)15(17,18)19)5-23-10(8)11(28)25-14-27(2)26-13(32-14)16(20,21)22/h4-6H,3H2,1-2H3. The first-order valence-corrected chi connectivity index (χ1v) is 11.9. The van der Waals surface area contributed by atoms with E-state index in [9.17, 15) is 39.6 Å². The molecule has 0 N–H and O–H groups in total. The Bertz CT molecular complexity index is 1390. The first-order valence-electron chi connectivity index (χ1n) is 8.60. The molecule has 0 saturated carbocycles. The van der Waals surface area contributed by atoms with Gasteiger partial charge in [-0.05, 0) is 6.07 Å². The van der Waals surface area contributed by atoms with Crippen LogP contribution >= 0.6 is 22.7 Å². The molecule has 0 aromatic carbocycles. The highest BCUT2D eigenvalue weighted by Crippen LogP contribution is 2.37. The summed E-state index contributed by atoms with van der Waals surface area (Å²) in [7, 11) is -3.02. The number of amides is 1. The van der Waals surface area contributed by atoms with Gasteiger partial charge in [0.1, 0.15) is 15.6 Å². The van der Waals surface area contributed by atoms with Crippen molar-refractivity contribution in [2.75, 3.05) is 5.75 Å². The SMILES string of the molecule is CCS(=O)(=O)c1cc(-c2ncc(C(F)(F)F)s2)cnc1C(=O)N=c1sc(C(F)(F)F)nn1C. The predicted octanol–water partition coefficient (Wildman–Crippen LogP) is 3.57. The van der Waals surface area contributed by atoms with E-state index >= 15 is 0 Å². The van der Waals surface area contributed by atoms with Crippen LogP contribution in [0.5, 0.6) is 0 Å². The van der Waals surface area contributed by atoms with Crippen LogP contribution in [0.1, 0.15) is 27.3 Å². The molecule has 0 radical (unpaired) electrons. The lowest BCUT2D eigenvalue weighted by atomic mass is 10.2. The number of carbonyl (C=O) groups is 1. The Hall–Kier alpha value is -2.66. The average molecular weight is 531 g/mol. The van der Waals surface area contributed by atoms with Gasteiger partial charge >= 0.3 is 12.4 Å². The van der Waals surface area contributed by atoms with Crippen LogP contribution in [0.15, 0.2) is 28.3 Å². The van der Waals surface area contributed by atoms with Crippen LogP contribution in [0.4, 0.5) is 26.3 Å². The molecule has 33 heavy (non-hydrogen) atoms. The minimum atomic E-state index is -4.78. The van der Waals surface area contributed by atoms with Gasteiger partial charge in [0.05, 0.1) is 16.8 Å². The lowest BCUT2D eigenvalue weighted by Gasteiger charge is -2.07. The molecule has 3 aromatic heterocycles. The van der Waals surface area contributed by atoms with Gasteiger partial charge in [-0.25, -0.2) is 23.1 Å². The van der Waals surface area contributed by atoms with Gasteiger partial charge in [-0.1, -0.05) is 18.3 Å². The summed E-state index contributed by atoms with van der Waals surface area (Å²) < 4.78 is 103. The zero-order valence-corrected chi connectivity index (χ0v) is 18.8. The second-order valence-electron chi connectivity index (χ2n) is 6.23. The molecule has 1 amide bonds. The van der Waals surface area contributed by atoms with Crippen molar-refractivity contribution in [3.05, 3.63) is 38.8 Å². The van der Waals surface area contributed by atoms with E-state index in [1.807, 2.05) is 0 Å². The van der Waals surface area contributed by atoms with E-state index in [1.54, 1.807) is 0 Å². The Balaban J connectivity index is 2.12. The topological polar surface area (TPSA) is 107 Å². The van der Waals surface area contributed by atoms with Crippen molar-refractivity contribution in [2.24, 2.45) is 12.0 Å². The molecule has 3 rings (SSSR count). The summed E-state index contributed by atoms with van der Waals surface area (Å²) in [6, 6.07) is 0.932. The van der Waals surface area contributed by atoms with Gasteiger partial charge in [-0.3, -0.25) is 4.79 Å². The predicted molar refractivity (Wildman–Crippen MR) is 104 cm³/mol. The Morgan fingerprint density at radius 2 is 1.76 bits per heavy atom. The fourth-order valence-electron chi connectivity index (χ4n) is 2.35. The van der Waals surface area contributed by atoms with Crippen molar-refractivity contribution in [1.82, 2.24) is 19.7 Å². The zero-order valence-electron chi connectivity index (χ0n) is 16.4. The van der Waals surface area contributed by atoms with E-state index in [-0.39, 0.29) is 33.2 Å². The summed E-state index contributed by atoms with van der Waals surface area (Å²) in [6.07, 6.45) is -7.93. The van der Waals surface area contributed by atoms with Crippen molar-refractivity contribution in [3.63, 3.8) is 0 Å². The van der Waals surface area contributed by atoms with Crippen LogP contribution < -0.4 is 4.80 Å². The number of hydrogen-bond acceptors (Lipinski definition) is 8. The number of alkyl halides is 6. The number of carbonyl (C=O) groups excluding carboxylic acids is 1. The van der Waals surface area contributed by atoms with Crippen molar-refractivity contribution < 1.29 is 39.6 Å². The van der Waals surface area contributed by atoms with Crippen LogP contribution in [-0.4, -0.2) is 39.8 Å². The van der Waals surface area contributed by atoms with E-state index < -0.39 is 59.1 Å². The van der Waals surface area contributed by atoms with E-state index in [4.69, 9.17) is 0 Å². The molecule has 0 aliphatic carbocycles. The molecule has 3 aromatic rings. The van der Waals surface area contributed by atoms with Gasteiger partial charge in [0, 0.05) is 18.8 Å². The molecular weight excluding hydrogens is 520 g/mol. The van der Waals surface area contributed by atoms with Crippen LogP contribution in [0.25, 0.3) is 10.6 Å². The number of rotatable bonds is 4. The molecular formula is C16H11F6N5O3S3. The minimum absolute atomic E-state index is 0.0609. The largest absolute Gasteiger partial charge is 0.445 e. The average Bonchev–Trinajstić information content (AvgIpc) is 3.35. The van der Waals surface area contributed by atoms with Gasteiger partial charge in [0.2, 0.25) is 9.81 Å². The molecule has 17 heteroatoms. The number of sulfone groups is 1. The summed E-state index contributed by atoms with van der Waals surface area (Å²) in [5.41, 5.74) is -0.795. The maximum absolute atomic E-state index is 12.9. The zero-order chi connectivity index (χ0) is 24.8. The third-order valence-electron chi connectivity index (χ3n) is 3.95. The molecule has 0 aliphatic heterocycles. The molecule has 0 fully saturated rings. The quantitative estimate of drug-likeness (QED) is 0.477. The van der Waals surface area contributed by atoms with Crippen molar-refractivity contribution in [1.29, 1.82) is 0 Å². The Kier molecular flexibility index (Phi) is 6.51. The van der Waals surface area contributed by atoms with Gasteiger partial charge in [0.15, 0.2) is 9.84 Å². The Morgan fingerprint density at radius 1 is 1.09 bits per heavy atom. The highest BCUT2D eigenvalue weighted by molar-refractivity contribution is 7.91. The number of nitrogens with zero attached hydrogens (tertiary/aromatic N) is 5. The number of halogens is 6. The number of pyridine rings is 1. The highest BCUT2D eigenvalue weighted by Gasteiger charge is 2.36. The van der Waals surface area contributed by atoms with Gasteiger partial charge in [-0.2, -0.15) is 36.4 Å². The first-order chi connectivity index (χ1) is 15.1. The first kappa shape index (κ1) is 25.0. The van der Waals surface area contributed by atoms with Gasteiger partial charge < -0.3 is 0 Å². The summed E-state index contributed by atoms with van der Waals surface area (Å²) in [5.74, 6) is -1.76. The molecule has 0 bridgehead atoms. The maximum Gasteiger partial charge on any atom is 0.445 e. The van der Waals surface area contributed by atoms with E-state index in [0.717, 1.165) is 19.3 Å². The molecule has 0 spiro atoms. The second-order valence-corrected chi connectivity index (χ2v) is 10.5. The van der Waals surface area contributed by atoms with Crippen LogP contribution in [0, 0.1) is 0 Å². The molecule has 0 aliphatic rings. The van der Waals surface area contributed by atoms with Crippen molar-refractivity contribution >= 4 is 38.4 Å². The molecule has 0 unspecified atom stereocenters. The van der Waals surface area contributed by atoms with Crippen molar-refractivity contribution in [2.45, 2.75) is 24.2 Å². The number of aryl methyl sites for hydroxylation is 1. The third kappa shape index (κ3) is 5.30. The summed E-state index contributed by atoms with van der Waals surface area (Å²) in [6.45, 7) is 1.26. The maximum atomic E-state index is 12.9. The highest BCUT2D eigenvalue weighted by atomic mass is 32.2. The minimum Gasteiger partial charge on any atom is -0.265 e. The number of hydrogen-bond donors (Lipinski definition) is 0. The Morgan fingerprint density at radius 3 is 2.27 bits per heavy atom. The number of aromatic nitrogens is 4. The fraction of sp³-hybridized carbons (Fsp3) is 0.312. The molecule has 8 nitrogen and oxygen atoms in total. The van der Waals surface area contributed by atoms with Crippen molar-refractivity contribution in [3.8, 4) is 10.6 Å². The van der Waals surface area contributed by atoms with E-state index in [0.29, 0.717) is 10.9 Å². The summed E-state index contributed by atoms with van der Waals surface area (Å²) in [4.78, 5) is 21.4. The van der Waals surface area contributed by atoms with Crippen LogP contribution in [0.3, 0.4) is 0 Å². The molecule has 178 valence electrons. The fourth-order valence-corrected chi connectivity index (χ4v) is 4.92. The molecule has 0 saturated heterocycles. The van der Waals surface area contributed by atoms with E-state index in [2.05, 4.69) is 20.1 Å². The van der Waals surface area contributed by atoms with E-state index in [1.165, 1.54) is 6.92 Å². The normalized spacial score (nSPS) is 13.5. The van der Waals surface area contributed by atoms with Gasteiger partial charge in [0.25, 0.3) is 5.91 Å². The van der Waals surface area contributed by atoms with Gasteiger partial charge in [-0.15, -0.1) is 11.3 Å². The second kappa shape index (κ2) is 8.60. The molecule has 0 atom stereocenters. The smallest absolute Gasteiger partial charge is 0.265 e. The lowest BCUT2D eigenvalue weighted by molar-refractivity contribution is -0.138. The lowest BCUT2D eigenvalue weighted by Crippen LogP contribution is -2.17. The van der Waals surface area contributed by atoms with Crippen LogP contribution in [0.2, 0.25) is 0 Å². The number of thiazole rings is 1. The summed E-state index contributed by atoms with van der Waals surface area (Å²) >= 11 is 0.309. The monoisotopic (exact) mass is 531 g/mol. The third-order valence-corrected chi connectivity index (χ3v) is 7.82. The van der Waals surface area contributed by atoms with Crippen LogP contribution in [-0.2, 0) is 29.2 Å². The Labute approximate surface area is 189 Å².